The second-order valence-electron chi connectivity index (χ2n) is 6.44. The Morgan fingerprint density at radius 3 is 2.48 bits per heavy atom. The molecule has 0 aromatic heterocycles. The summed E-state index contributed by atoms with van der Waals surface area (Å²) in [6, 6.07) is 3.95. The molecule has 116 valence electrons. The van der Waals surface area contributed by atoms with Crippen molar-refractivity contribution in [3.8, 4) is 0 Å². The molecule has 2 bridgehead atoms. The minimum atomic E-state index is -0.421. The van der Waals surface area contributed by atoms with Crippen molar-refractivity contribution < 1.29 is 8.78 Å². The van der Waals surface area contributed by atoms with Crippen molar-refractivity contribution in [2.45, 2.75) is 64.1 Å². The molecule has 2 unspecified atom stereocenters. The molecule has 2 fully saturated rings. The first kappa shape index (κ1) is 14.8. The molecular formula is C17H24F2N2. The Kier molecular flexibility index (Phi) is 4.16. The van der Waals surface area contributed by atoms with Crippen LogP contribution >= 0.6 is 0 Å². The molecule has 0 aliphatic carbocycles. The van der Waals surface area contributed by atoms with E-state index in [4.69, 9.17) is 0 Å². The second-order valence-corrected chi connectivity index (χ2v) is 6.44. The first-order chi connectivity index (χ1) is 10.1. The van der Waals surface area contributed by atoms with Crippen LogP contribution < -0.4 is 10.2 Å². The predicted octanol–water partition coefficient (Wildman–Crippen LogP) is 3.77. The number of nitrogens with one attached hydrogen (secondary N) is 1. The molecule has 1 aromatic rings. The summed E-state index contributed by atoms with van der Waals surface area (Å²) < 4.78 is 28.6. The van der Waals surface area contributed by atoms with Crippen LogP contribution in [0.1, 0.15) is 44.6 Å². The number of hydrogen-bond acceptors (Lipinski definition) is 2. The van der Waals surface area contributed by atoms with Gasteiger partial charge in [-0.25, -0.2) is 8.78 Å². The summed E-state index contributed by atoms with van der Waals surface area (Å²) in [7, 11) is 0. The van der Waals surface area contributed by atoms with Gasteiger partial charge < -0.3 is 10.2 Å². The van der Waals surface area contributed by atoms with Crippen molar-refractivity contribution in [2.75, 3.05) is 11.4 Å². The van der Waals surface area contributed by atoms with Gasteiger partial charge in [0.1, 0.15) is 11.5 Å². The predicted molar refractivity (Wildman–Crippen MR) is 81.7 cm³/mol. The SMILES string of the molecule is CCCNC1CC2CCC(C1)N2c1c(F)ccc(C)c1F. The van der Waals surface area contributed by atoms with Crippen molar-refractivity contribution >= 4 is 5.69 Å². The highest BCUT2D eigenvalue weighted by atomic mass is 19.1. The summed E-state index contributed by atoms with van der Waals surface area (Å²) in [5.41, 5.74) is 0.730. The standard InChI is InChI=1S/C17H24F2N2/c1-3-8-20-12-9-13-5-6-14(10-12)21(13)17-15(18)7-4-11(2)16(17)19/h4,7,12-14,20H,3,5-6,8-10H2,1-2H3. The lowest BCUT2D eigenvalue weighted by molar-refractivity contribution is 0.351. The van der Waals surface area contributed by atoms with Gasteiger partial charge in [0.15, 0.2) is 5.82 Å². The van der Waals surface area contributed by atoms with Crippen LogP contribution in [-0.4, -0.2) is 24.7 Å². The van der Waals surface area contributed by atoms with E-state index in [1.807, 2.05) is 4.90 Å². The summed E-state index contributed by atoms with van der Waals surface area (Å²) in [5, 5.41) is 3.57. The fourth-order valence-corrected chi connectivity index (χ4v) is 3.94. The van der Waals surface area contributed by atoms with Gasteiger partial charge in [-0.15, -0.1) is 0 Å². The number of anilines is 1. The fourth-order valence-electron chi connectivity index (χ4n) is 3.94. The molecule has 1 aromatic carbocycles. The fraction of sp³-hybridized carbons (Fsp3) is 0.647. The van der Waals surface area contributed by atoms with Crippen LogP contribution in [0.15, 0.2) is 12.1 Å². The lowest BCUT2D eigenvalue weighted by Crippen LogP contribution is -2.50. The highest BCUT2D eigenvalue weighted by Gasteiger charge is 2.42. The van der Waals surface area contributed by atoms with Crippen LogP contribution in [-0.2, 0) is 0 Å². The Balaban J connectivity index is 1.84. The molecule has 21 heavy (non-hydrogen) atoms. The molecular weight excluding hydrogens is 270 g/mol. The molecule has 0 spiro atoms. The number of piperidine rings is 1. The third kappa shape index (κ3) is 2.66. The number of hydrogen-bond donors (Lipinski definition) is 1. The summed E-state index contributed by atoms with van der Waals surface area (Å²) in [4.78, 5) is 2.03. The van der Waals surface area contributed by atoms with Crippen molar-refractivity contribution in [2.24, 2.45) is 0 Å². The normalized spacial score (nSPS) is 28.2. The van der Waals surface area contributed by atoms with E-state index in [0.29, 0.717) is 11.6 Å². The van der Waals surface area contributed by atoms with Crippen LogP contribution in [0.4, 0.5) is 14.5 Å². The van der Waals surface area contributed by atoms with Gasteiger partial charge in [-0.2, -0.15) is 0 Å². The van der Waals surface area contributed by atoms with Crippen LogP contribution in [0.3, 0.4) is 0 Å². The summed E-state index contributed by atoms with van der Waals surface area (Å²) in [6.07, 6.45) is 5.19. The Hall–Kier alpha value is -1.16. The maximum atomic E-state index is 14.4. The molecule has 2 aliphatic rings. The first-order valence-electron chi connectivity index (χ1n) is 8.08. The third-order valence-electron chi connectivity index (χ3n) is 4.93. The van der Waals surface area contributed by atoms with E-state index in [1.54, 1.807) is 6.92 Å². The maximum Gasteiger partial charge on any atom is 0.152 e. The molecule has 0 radical (unpaired) electrons. The molecule has 0 saturated carbocycles. The highest BCUT2D eigenvalue weighted by molar-refractivity contribution is 5.55. The lowest BCUT2D eigenvalue weighted by Gasteiger charge is -2.41. The van der Waals surface area contributed by atoms with E-state index in [0.717, 1.165) is 38.6 Å². The van der Waals surface area contributed by atoms with Crippen molar-refractivity contribution in [1.82, 2.24) is 5.32 Å². The lowest BCUT2D eigenvalue weighted by atomic mass is 9.96. The molecule has 2 aliphatic heterocycles. The van der Waals surface area contributed by atoms with E-state index in [2.05, 4.69) is 12.2 Å². The average molecular weight is 294 g/mol. The number of benzene rings is 1. The zero-order valence-electron chi connectivity index (χ0n) is 12.8. The zero-order valence-corrected chi connectivity index (χ0v) is 12.8. The third-order valence-corrected chi connectivity index (χ3v) is 4.93. The van der Waals surface area contributed by atoms with E-state index in [9.17, 15) is 8.78 Å². The van der Waals surface area contributed by atoms with Gasteiger partial charge in [0.25, 0.3) is 0 Å². The highest BCUT2D eigenvalue weighted by Crippen LogP contribution is 2.41. The Morgan fingerprint density at radius 1 is 1.19 bits per heavy atom. The van der Waals surface area contributed by atoms with Crippen molar-refractivity contribution in [1.29, 1.82) is 0 Å². The molecule has 2 saturated heterocycles. The second kappa shape index (κ2) is 5.91. The van der Waals surface area contributed by atoms with E-state index < -0.39 is 5.82 Å². The zero-order chi connectivity index (χ0) is 15.0. The number of halogens is 2. The van der Waals surface area contributed by atoms with E-state index in [-0.39, 0.29) is 23.6 Å². The molecule has 0 amide bonds. The molecule has 2 nitrogen and oxygen atoms in total. The van der Waals surface area contributed by atoms with Gasteiger partial charge in [-0.05, 0) is 57.2 Å². The van der Waals surface area contributed by atoms with Gasteiger partial charge in [0.2, 0.25) is 0 Å². The topological polar surface area (TPSA) is 15.3 Å². The molecule has 1 N–H and O–H groups in total. The van der Waals surface area contributed by atoms with Gasteiger partial charge >= 0.3 is 0 Å². The first-order valence-corrected chi connectivity index (χ1v) is 8.08. The number of rotatable bonds is 4. The van der Waals surface area contributed by atoms with Gasteiger partial charge in [0, 0.05) is 18.1 Å². The molecule has 2 atom stereocenters. The quantitative estimate of drug-likeness (QED) is 0.909. The van der Waals surface area contributed by atoms with E-state index >= 15 is 0 Å². The summed E-state index contributed by atoms with van der Waals surface area (Å²) in [6.45, 7) is 4.89. The molecule has 3 rings (SSSR count). The van der Waals surface area contributed by atoms with Crippen molar-refractivity contribution in [3.05, 3.63) is 29.3 Å². The maximum absolute atomic E-state index is 14.4. The van der Waals surface area contributed by atoms with Crippen LogP contribution in [0.5, 0.6) is 0 Å². The Bertz CT molecular complexity index is 504. The Morgan fingerprint density at radius 2 is 1.86 bits per heavy atom. The van der Waals surface area contributed by atoms with Crippen LogP contribution in [0, 0.1) is 18.6 Å². The van der Waals surface area contributed by atoms with Crippen molar-refractivity contribution in [3.63, 3.8) is 0 Å². The monoisotopic (exact) mass is 294 g/mol. The summed E-state index contributed by atoms with van der Waals surface area (Å²) >= 11 is 0. The minimum Gasteiger partial charge on any atom is -0.361 e. The largest absolute Gasteiger partial charge is 0.361 e. The molecule has 4 heteroatoms. The summed E-state index contributed by atoms with van der Waals surface area (Å²) in [5.74, 6) is -0.804. The smallest absolute Gasteiger partial charge is 0.152 e. The Labute approximate surface area is 125 Å². The average Bonchev–Trinajstić information content (AvgIpc) is 2.72. The van der Waals surface area contributed by atoms with Crippen LogP contribution in [0.25, 0.3) is 0 Å². The van der Waals surface area contributed by atoms with E-state index in [1.165, 1.54) is 12.1 Å². The number of fused-ring (bicyclic) bond motifs is 2. The van der Waals surface area contributed by atoms with Gasteiger partial charge in [0.05, 0.1) is 0 Å². The van der Waals surface area contributed by atoms with Gasteiger partial charge in [-0.1, -0.05) is 13.0 Å². The molecule has 2 heterocycles. The van der Waals surface area contributed by atoms with Gasteiger partial charge in [-0.3, -0.25) is 0 Å². The number of aryl methyl sites for hydroxylation is 1. The number of nitrogens with zero attached hydrogens (tertiary/aromatic N) is 1. The van der Waals surface area contributed by atoms with Crippen LogP contribution in [0.2, 0.25) is 0 Å². The minimum absolute atomic E-state index is 0.205.